The molecule has 2 heterocycles. The van der Waals surface area contributed by atoms with Gasteiger partial charge >= 0.3 is 0 Å². The second kappa shape index (κ2) is 3.37. The summed E-state index contributed by atoms with van der Waals surface area (Å²) in [5.74, 6) is 0.595. The molecule has 0 aliphatic heterocycles. The summed E-state index contributed by atoms with van der Waals surface area (Å²) in [6.07, 6.45) is 6.38. The molecule has 0 aromatic carbocycles. The molecule has 0 aliphatic carbocycles. The Labute approximate surface area is 81.1 Å². The van der Waals surface area contributed by atoms with Crippen LogP contribution in [0, 0.1) is 6.92 Å². The molecule has 0 saturated carbocycles. The fourth-order valence-corrected chi connectivity index (χ4v) is 1.03. The lowest BCUT2D eigenvalue weighted by Crippen LogP contribution is -1.97. The number of nitrogens with two attached hydrogens (primary N) is 1. The van der Waals surface area contributed by atoms with Gasteiger partial charge in [-0.25, -0.2) is 19.9 Å². The summed E-state index contributed by atoms with van der Waals surface area (Å²) in [5.41, 5.74) is 7.75. The molecule has 0 radical (unpaired) electrons. The van der Waals surface area contributed by atoms with Crippen LogP contribution in [0.25, 0.3) is 11.4 Å². The fraction of sp³-hybridized carbons (Fsp3) is 0.111. The van der Waals surface area contributed by atoms with Crippen molar-refractivity contribution in [1.29, 1.82) is 0 Å². The molecule has 2 aromatic rings. The summed E-state index contributed by atoms with van der Waals surface area (Å²) in [7, 11) is 0. The number of aryl methyl sites for hydroxylation is 1. The third kappa shape index (κ3) is 1.52. The normalized spacial score (nSPS) is 10.1. The number of anilines is 1. The van der Waals surface area contributed by atoms with Gasteiger partial charge in [-0.2, -0.15) is 0 Å². The molecule has 0 fully saturated rings. The quantitative estimate of drug-likeness (QED) is 0.715. The molecule has 2 aromatic heterocycles. The maximum atomic E-state index is 5.61. The van der Waals surface area contributed by atoms with E-state index in [4.69, 9.17) is 5.73 Å². The molecule has 70 valence electrons. The first-order valence-electron chi connectivity index (χ1n) is 4.12. The molecule has 0 aliphatic rings. The van der Waals surface area contributed by atoms with E-state index in [0.29, 0.717) is 11.5 Å². The molecule has 0 atom stereocenters. The van der Waals surface area contributed by atoms with Crippen molar-refractivity contribution in [3.63, 3.8) is 0 Å². The standard InChI is InChI=1S/C9H9N5/c1-6-8(10)4-13-9(14-6)7-2-11-5-12-3-7/h2-5H,10H2,1H3. The maximum absolute atomic E-state index is 5.61. The highest BCUT2D eigenvalue weighted by molar-refractivity contribution is 5.54. The van der Waals surface area contributed by atoms with Crippen molar-refractivity contribution < 1.29 is 0 Å². The number of aromatic nitrogens is 4. The van der Waals surface area contributed by atoms with E-state index in [-0.39, 0.29) is 0 Å². The molecule has 2 N–H and O–H groups in total. The predicted molar refractivity (Wildman–Crippen MR) is 52.2 cm³/mol. The fourth-order valence-electron chi connectivity index (χ4n) is 1.03. The van der Waals surface area contributed by atoms with E-state index in [0.717, 1.165) is 11.3 Å². The molecule has 0 spiro atoms. The maximum Gasteiger partial charge on any atom is 0.162 e. The lowest BCUT2D eigenvalue weighted by Gasteiger charge is -2.01. The lowest BCUT2D eigenvalue weighted by atomic mass is 10.3. The Morgan fingerprint density at radius 1 is 1.14 bits per heavy atom. The smallest absolute Gasteiger partial charge is 0.162 e. The van der Waals surface area contributed by atoms with Crippen LogP contribution in [-0.4, -0.2) is 19.9 Å². The van der Waals surface area contributed by atoms with E-state index >= 15 is 0 Å². The van der Waals surface area contributed by atoms with Gasteiger partial charge in [0.05, 0.1) is 23.1 Å². The van der Waals surface area contributed by atoms with Crippen molar-refractivity contribution in [3.05, 3.63) is 30.6 Å². The van der Waals surface area contributed by atoms with Gasteiger partial charge in [-0.1, -0.05) is 0 Å². The van der Waals surface area contributed by atoms with Crippen LogP contribution in [0.4, 0.5) is 5.69 Å². The Kier molecular flexibility index (Phi) is 2.06. The minimum atomic E-state index is 0.589. The highest BCUT2D eigenvalue weighted by Crippen LogP contribution is 2.14. The molecular weight excluding hydrogens is 178 g/mol. The van der Waals surface area contributed by atoms with E-state index in [9.17, 15) is 0 Å². The van der Waals surface area contributed by atoms with E-state index < -0.39 is 0 Å². The summed E-state index contributed by atoms with van der Waals surface area (Å²) >= 11 is 0. The van der Waals surface area contributed by atoms with Gasteiger partial charge in [0.25, 0.3) is 0 Å². The van der Waals surface area contributed by atoms with Crippen LogP contribution in [0.3, 0.4) is 0 Å². The zero-order chi connectivity index (χ0) is 9.97. The SMILES string of the molecule is Cc1nc(-c2cncnc2)ncc1N. The molecule has 0 unspecified atom stereocenters. The molecular formula is C9H9N5. The van der Waals surface area contributed by atoms with Crippen LogP contribution in [-0.2, 0) is 0 Å². The number of nitrogen functional groups attached to an aromatic ring is 1. The lowest BCUT2D eigenvalue weighted by molar-refractivity contribution is 1.09. The number of nitrogens with zero attached hydrogens (tertiary/aromatic N) is 4. The first kappa shape index (κ1) is 8.55. The van der Waals surface area contributed by atoms with Gasteiger partial charge in [0.1, 0.15) is 6.33 Å². The van der Waals surface area contributed by atoms with E-state index in [1.807, 2.05) is 6.92 Å². The van der Waals surface area contributed by atoms with Gasteiger partial charge in [0.15, 0.2) is 5.82 Å². The van der Waals surface area contributed by atoms with Crippen molar-refractivity contribution in [3.8, 4) is 11.4 Å². The minimum absolute atomic E-state index is 0.589. The van der Waals surface area contributed by atoms with Crippen LogP contribution < -0.4 is 5.73 Å². The monoisotopic (exact) mass is 187 g/mol. The first-order chi connectivity index (χ1) is 6.77. The van der Waals surface area contributed by atoms with E-state index in [1.54, 1.807) is 18.6 Å². The number of hydrogen-bond donors (Lipinski definition) is 1. The van der Waals surface area contributed by atoms with Gasteiger partial charge in [0.2, 0.25) is 0 Å². The molecule has 5 heteroatoms. The Balaban J connectivity index is 2.48. The zero-order valence-electron chi connectivity index (χ0n) is 7.68. The summed E-state index contributed by atoms with van der Waals surface area (Å²) < 4.78 is 0. The zero-order valence-corrected chi connectivity index (χ0v) is 7.68. The van der Waals surface area contributed by atoms with Gasteiger partial charge in [-0.05, 0) is 6.92 Å². The Bertz CT molecular complexity index is 440. The van der Waals surface area contributed by atoms with Crippen LogP contribution in [0.2, 0.25) is 0 Å². The average molecular weight is 187 g/mol. The van der Waals surface area contributed by atoms with E-state index in [1.165, 1.54) is 6.33 Å². The third-order valence-electron chi connectivity index (χ3n) is 1.84. The van der Waals surface area contributed by atoms with Crippen molar-refractivity contribution in [2.75, 3.05) is 5.73 Å². The molecule has 0 saturated heterocycles. The van der Waals surface area contributed by atoms with Gasteiger partial charge in [0, 0.05) is 12.4 Å². The van der Waals surface area contributed by atoms with Crippen molar-refractivity contribution in [2.24, 2.45) is 0 Å². The van der Waals surface area contributed by atoms with Crippen LogP contribution in [0.5, 0.6) is 0 Å². The Morgan fingerprint density at radius 3 is 2.50 bits per heavy atom. The molecule has 14 heavy (non-hydrogen) atoms. The summed E-state index contributed by atoms with van der Waals surface area (Å²) in [6.45, 7) is 1.84. The van der Waals surface area contributed by atoms with Gasteiger partial charge in [-0.3, -0.25) is 0 Å². The molecule has 0 bridgehead atoms. The highest BCUT2D eigenvalue weighted by atomic mass is 14.9. The number of hydrogen-bond acceptors (Lipinski definition) is 5. The van der Waals surface area contributed by atoms with E-state index in [2.05, 4.69) is 19.9 Å². The Morgan fingerprint density at radius 2 is 1.86 bits per heavy atom. The second-order valence-corrected chi connectivity index (χ2v) is 2.86. The molecule has 0 amide bonds. The van der Waals surface area contributed by atoms with Crippen LogP contribution >= 0.6 is 0 Å². The summed E-state index contributed by atoms with van der Waals surface area (Å²) in [5, 5.41) is 0. The average Bonchev–Trinajstić information content (AvgIpc) is 2.23. The van der Waals surface area contributed by atoms with Crippen molar-refractivity contribution in [2.45, 2.75) is 6.92 Å². The van der Waals surface area contributed by atoms with Crippen molar-refractivity contribution >= 4 is 5.69 Å². The first-order valence-corrected chi connectivity index (χ1v) is 4.12. The van der Waals surface area contributed by atoms with Gasteiger partial charge < -0.3 is 5.73 Å². The molecule has 5 nitrogen and oxygen atoms in total. The van der Waals surface area contributed by atoms with Crippen molar-refractivity contribution in [1.82, 2.24) is 19.9 Å². The summed E-state index contributed by atoms with van der Waals surface area (Å²) in [4.78, 5) is 16.1. The second-order valence-electron chi connectivity index (χ2n) is 2.86. The van der Waals surface area contributed by atoms with Crippen LogP contribution in [0.15, 0.2) is 24.9 Å². The topological polar surface area (TPSA) is 77.6 Å². The van der Waals surface area contributed by atoms with Crippen LogP contribution in [0.1, 0.15) is 5.69 Å². The minimum Gasteiger partial charge on any atom is -0.396 e. The highest BCUT2D eigenvalue weighted by Gasteiger charge is 2.02. The van der Waals surface area contributed by atoms with Gasteiger partial charge in [-0.15, -0.1) is 0 Å². The largest absolute Gasteiger partial charge is 0.396 e. The number of rotatable bonds is 1. The Hall–Kier alpha value is -2.04. The predicted octanol–water partition coefficient (Wildman–Crippen LogP) is 0.824. The molecule has 2 rings (SSSR count). The third-order valence-corrected chi connectivity index (χ3v) is 1.84. The summed E-state index contributed by atoms with van der Waals surface area (Å²) in [6, 6.07) is 0.